The highest BCUT2D eigenvalue weighted by Gasteiger charge is 2.41. The molecule has 0 aliphatic carbocycles. The van der Waals surface area contributed by atoms with Crippen LogP contribution in [0.1, 0.15) is 36.5 Å². The number of carbonyl (C=O) groups excluding carboxylic acids is 2. The van der Waals surface area contributed by atoms with E-state index in [0.717, 1.165) is 16.7 Å². The largest absolute Gasteiger partial charge is 0.321 e. The third kappa shape index (κ3) is 6.19. The van der Waals surface area contributed by atoms with Crippen LogP contribution in [0.25, 0.3) is 0 Å². The quantitative estimate of drug-likeness (QED) is 0.255. The van der Waals surface area contributed by atoms with Crippen molar-refractivity contribution < 1.29 is 9.59 Å². The Morgan fingerprint density at radius 1 is 1.05 bits per heavy atom. The molecule has 1 atom stereocenters. The SMILES string of the molecule is Cc1ccc(NC(=O)/C(C#N)=C2\SC(Cc3cc(Cl)cc(Cl)c3)C(=O)N2c2ccc(C(C)C)cc2)cc1. The molecule has 1 N–H and O–H groups in total. The molecular weight excluding hydrogens is 525 g/mol. The number of nitrogens with one attached hydrogen (secondary N) is 1. The Kier molecular flexibility index (Phi) is 8.29. The number of hydrogen-bond acceptors (Lipinski definition) is 4. The first-order valence-corrected chi connectivity index (χ1v) is 13.4. The fraction of sp³-hybridized carbons (Fsp3) is 0.207. The number of amides is 2. The molecule has 0 spiro atoms. The fourth-order valence-corrected chi connectivity index (χ4v) is 5.88. The Balaban J connectivity index is 1.73. The summed E-state index contributed by atoms with van der Waals surface area (Å²) >= 11 is 13.5. The lowest BCUT2D eigenvalue weighted by atomic mass is 10.0. The highest BCUT2D eigenvalue weighted by Crippen LogP contribution is 2.42. The Morgan fingerprint density at radius 2 is 1.68 bits per heavy atom. The molecule has 0 radical (unpaired) electrons. The average Bonchev–Trinajstić information content (AvgIpc) is 3.15. The smallest absolute Gasteiger partial charge is 0.269 e. The Bertz CT molecular complexity index is 1390. The minimum Gasteiger partial charge on any atom is -0.321 e. The van der Waals surface area contributed by atoms with Gasteiger partial charge in [0.2, 0.25) is 5.91 Å². The molecule has 0 aromatic heterocycles. The molecule has 4 rings (SSSR count). The van der Waals surface area contributed by atoms with Gasteiger partial charge in [-0.05, 0) is 72.9 Å². The maximum absolute atomic E-state index is 13.7. The van der Waals surface area contributed by atoms with Crippen LogP contribution in [0.4, 0.5) is 11.4 Å². The molecule has 37 heavy (non-hydrogen) atoms. The van der Waals surface area contributed by atoms with Gasteiger partial charge in [-0.25, -0.2) is 0 Å². The van der Waals surface area contributed by atoms with Crippen LogP contribution in [0, 0.1) is 18.3 Å². The van der Waals surface area contributed by atoms with Gasteiger partial charge in [-0.1, -0.05) is 78.6 Å². The summed E-state index contributed by atoms with van der Waals surface area (Å²) in [6.45, 7) is 6.13. The summed E-state index contributed by atoms with van der Waals surface area (Å²) in [6.07, 6.45) is 0.339. The number of benzene rings is 3. The van der Waals surface area contributed by atoms with Gasteiger partial charge in [0.1, 0.15) is 16.7 Å². The first kappa shape index (κ1) is 26.8. The Hall–Kier alpha value is -3.24. The molecule has 1 saturated heterocycles. The number of rotatable bonds is 6. The van der Waals surface area contributed by atoms with Gasteiger partial charge in [0, 0.05) is 21.4 Å². The number of halogens is 2. The molecule has 5 nitrogen and oxygen atoms in total. The molecule has 1 aliphatic heterocycles. The number of nitrogens with zero attached hydrogens (tertiary/aromatic N) is 2. The van der Waals surface area contributed by atoms with Crippen LogP contribution in [0.2, 0.25) is 10.0 Å². The zero-order chi connectivity index (χ0) is 26.7. The van der Waals surface area contributed by atoms with Crippen molar-refractivity contribution in [2.75, 3.05) is 10.2 Å². The van der Waals surface area contributed by atoms with E-state index in [2.05, 4.69) is 19.2 Å². The second-order valence-corrected chi connectivity index (χ2v) is 11.2. The standard InChI is InChI=1S/C29H25Cl2N3O2S/c1-17(2)20-6-10-24(11-7-20)34-28(36)26(14-19-12-21(30)15-22(31)13-19)37-29(34)25(16-32)27(35)33-23-8-4-18(3)5-9-23/h4-13,15,17,26H,14H2,1-3H3,(H,33,35)/b29-25-. The van der Waals surface area contributed by atoms with E-state index < -0.39 is 11.2 Å². The van der Waals surface area contributed by atoms with Crippen LogP contribution in [0.3, 0.4) is 0 Å². The van der Waals surface area contributed by atoms with E-state index in [1.165, 1.54) is 16.7 Å². The molecule has 0 saturated carbocycles. The van der Waals surface area contributed by atoms with Gasteiger partial charge in [0.05, 0.1) is 5.25 Å². The van der Waals surface area contributed by atoms with Gasteiger partial charge in [-0.15, -0.1) is 0 Å². The first-order valence-electron chi connectivity index (χ1n) is 11.7. The van der Waals surface area contributed by atoms with Crippen molar-refractivity contribution in [2.45, 2.75) is 38.4 Å². The lowest BCUT2D eigenvalue weighted by Crippen LogP contribution is -2.31. The van der Waals surface area contributed by atoms with E-state index in [-0.39, 0.29) is 11.5 Å². The number of anilines is 2. The molecule has 8 heteroatoms. The topological polar surface area (TPSA) is 73.2 Å². The summed E-state index contributed by atoms with van der Waals surface area (Å²) in [5, 5.41) is 13.5. The van der Waals surface area contributed by atoms with Crippen LogP contribution in [0.15, 0.2) is 77.3 Å². The number of aryl methyl sites for hydroxylation is 1. The minimum absolute atomic E-state index is 0.126. The third-order valence-corrected chi connectivity index (χ3v) is 7.68. The van der Waals surface area contributed by atoms with Crippen molar-refractivity contribution >= 4 is 58.2 Å². The van der Waals surface area contributed by atoms with E-state index in [1.807, 2.05) is 49.4 Å². The van der Waals surface area contributed by atoms with Crippen LogP contribution >= 0.6 is 35.0 Å². The molecule has 1 aliphatic rings. The summed E-state index contributed by atoms with van der Waals surface area (Å²) in [5.74, 6) is -0.468. The minimum atomic E-state index is -0.572. The Morgan fingerprint density at radius 3 is 2.24 bits per heavy atom. The van der Waals surface area contributed by atoms with Gasteiger partial charge < -0.3 is 5.32 Å². The molecular formula is C29H25Cl2N3O2S. The van der Waals surface area contributed by atoms with E-state index >= 15 is 0 Å². The number of nitriles is 1. The molecule has 2 amide bonds. The zero-order valence-corrected chi connectivity index (χ0v) is 22.9. The molecule has 1 unspecified atom stereocenters. The van der Waals surface area contributed by atoms with Gasteiger partial charge in [-0.2, -0.15) is 5.26 Å². The van der Waals surface area contributed by atoms with Gasteiger partial charge in [-0.3, -0.25) is 14.5 Å². The molecule has 3 aromatic carbocycles. The normalized spacial score (nSPS) is 16.6. The van der Waals surface area contributed by atoms with E-state index in [0.29, 0.717) is 38.8 Å². The van der Waals surface area contributed by atoms with Crippen LogP contribution < -0.4 is 10.2 Å². The van der Waals surface area contributed by atoms with E-state index in [9.17, 15) is 14.9 Å². The van der Waals surface area contributed by atoms with Crippen molar-refractivity contribution in [1.29, 1.82) is 5.26 Å². The molecule has 188 valence electrons. The lowest BCUT2D eigenvalue weighted by Gasteiger charge is -2.19. The second kappa shape index (κ2) is 11.4. The average molecular weight is 551 g/mol. The highest BCUT2D eigenvalue weighted by molar-refractivity contribution is 8.05. The van der Waals surface area contributed by atoms with Crippen molar-refractivity contribution in [3.8, 4) is 6.07 Å². The van der Waals surface area contributed by atoms with Crippen molar-refractivity contribution in [1.82, 2.24) is 0 Å². The fourth-order valence-electron chi connectivity index (χ4n) is 4.00. The maximum Gasteiger partial charge on any atom is 0.269 e. The highest BCUT2D eigenvalue weighted by atomic mass is 35.5. The molecule has 3 aromatic rings. The van der Waals surface area contributed by atoms with Crippen LogP contribution in [-0.2, 0) is 16.0 Å². The zero-order valence-electron chi connectivity index (χ0n) is 20.6. The molecule has 1 fully saturated rings. The van der Waals surface area contributed by atoms with Gasteiger partial charge in [0.25, 0.3) is 5.91 Å². The summed E-state index contributed by atoms with van der Waals surface area (Å²) in [6, 6.07) is 22.1. The summed E-state index contributed by atoms with van der Waals surface area (Å²) in [5.41, 5.74) is 4.00. The Labute approximate surface area is 231 Å². The van der Waals surface area contributed by atoms with Crippen LogP contribution in [-0.4, -0.2) is 17.1 Å². The van der Waals surface area contributed by atoms with Crippen molar-refractivity contribution in [3.05, 3.63) is 104 Å². The van der Waals surface area contributed by atoms with E-state index in [4.69, 9.17) is 23.2 Å². The predicted molar refractivity (Wildman–Crippen MR) is 152 cm³/mol. The van der Waals surface area contributed by atoms with Crippen molar-refractivity contribution in [2.24, 2.45) is 0 Å². The molecule has 1 heterocycles. The maximum atomic E-state index is 13.7. The second-order valence-electron chi connectivity index (χ2n) is 9.12. The monoisotopic (exact) mass is 549 g/mol. The predicted octanol–water partition coefficient (Wildman–Crippen LogP) is 7.49. The third-order valence-electron chi connectivity index (χ3n) is 5.98. The first-order chi connectivity index (χ1) is 17.7. The summed E-state index contributed by atoms with van der Waals surface area (Å²) in [4.78, 5) is 28.4. The number of thioether (sulfide) groups is 1. The summed E-state index contributed by atoms with van der Waals surface area (Å²) in [7, 11) is 0. The molecule has 0 bridgehead atoms. The summed E-state index contributed by atoms with van der Waals surface area (Å²) < 4.78 is 0. The van der Waals surface area contributed by atoms with Gasteiger partial charge >= 0.3 is 0 Å². The van der Waals surface area contributed by atoms with Crippen molar-refractivity contribution in [3.63, 3.8) is 0 Å². The van der Waals surface area contributed by atoms with Gasteiger partial charge in [0.15, 0.2) is 0 Å². The number of carbonyl (C=O) groups is 2. The van der Waals surface area contributed by atoms with Crippen LogP contribution in [0.5, 0.6) is 0 Å². The van der Waals surface area contributed by atoms with E-state index in [1.54, 1.807) is 30.3 Å². The number of hydrogen-bond donors (Lipinski definition) is 1. The lowest BCUT2D eigenvalue weighted by molar-refractivity contribution is -0.117.